The van der Waals surface area contributed by atoms with Crippen LogP contribution in [-0.2, 0) is 9.47 Å². The quantitative estimate of drug-likeness (QED) is 0.477. The van der Waals surface area contributed by atoms with Gasteiger partial charge in [-0.1, -0.05) is 39.2 Å². The zero-order valence-corrected chi connectivity index (χ0v) is 13.2. The van der Waals surface area contributed by atoms with Crippen LogP contribution in [0.2, 0.25) is 0 Å². The summed E-state index contributed by atoms with van der Waals surface area (Å²) in [5.74, 6) is 1.64. The lowest BCUT2D eigenvalue weighted by Crippen LogP contribution is -1.89. The second-order valence-corrected chi connectivity index (χ2v) is 4.09. The fourth-order valence-corrected chi connectivity index (χ4v) is 1.27. The molecule has 106 valence electrons. The van der Waals surface area contributed by atoms with E-state index in [0.29, 0.717) is 0 Å². The highest BCUT2D eigenvalue weighted by Crippen LogP contribution is 2.11. The Morgan fingerprint density at radius 1 is 0.944 bits per heavy atom. The summed E-state index contributed by atoms with van der Waals surface area (Å²) in [6, 6.07) is 0. The smallest absolute Gasteiger partial charge is 0.122 e. The van der Waals surface area contributed by atoms with Crippen LogP contribution >= 0.6 is 0 Å². The Labute approximate surface area is 113 Å². The van der Waals surface area contributed by atoms with Gasteiger partial charge in [0.25, 0.3) is 0 Å². The van der Waals surface area contributed by atoms with Crippen LogP contribution in [-0.4, -0.2) is 14.2 Å². The van der Waals surface area contributed by atoms with E-state index in [1.54, 1.807) is 14.2 Å². The number of rotatable bonds is 6. The number of ether oxygens (including phenoxy) is 2. The third kappa shape index (κ3) is 11.3. The van der Waals surface area contributed by atoms with Crippen LogP contribution in [0.5, 0.6) is 0 Å². The van der Waals surface area contributed by atoms with Crippen molar-refractivity contribution in [1.82, 2.24) is 0 Å². The minimum atomic E-state index is 0.812. The summed E-state index contributed by atoms with van der Waals surface area (Å²) in [7, 11) is 3.33. The Bertz CT molecular complexity index is 273. The first-order valence-electron chi connectivity index (χ1n) is 6.72. The molecule has 0 aromatic rings. The first-order valence-corrected chi connectivity index (χ1v) is 6.72. The lowest BCUT2D eigenvalue weighted by Gasteiger charge is -2.05. The minimum absolute atomic E-state index is 0.812. The Kier molecular flexibility index (Phi) is 14.8. The summed E-state index contributed by atoms with van der Waals surface area (Å²) in [6.45, 7) is 10.5. The number of hydrogen-bond donors (Lipinski definition) is 0. The molecule has 0 spiro atoms. The molecule has 0 aromatic heterocycles. The fraction of sp³-hybridized carbons (Fsp3) is 0.625. The summed E-state index contributed by atoms with van der Waals surface area (Å²) >= 11 is 0. The molecule has 0 heterocycles. The Morgan fingerprint density at radius 2 is 1.44 bits per heavy atom. The molecular weight excluding hydrogens is 224 g/mol. The molecule has 2 nitrogen and oxygen atoms in total. The van der Waals surface area contributed by atoms with E-state index >= 15 is 0 Å². The van der Waals surface area contributed by atoms with Crippen LogP contribution in [0, 0.1) is 0 Å². The Balaban J connectivity index is 0. The van der Waals surface area contributed by atoms with Crippen molar-refractivity contribution >= 4 is 0 Å². The average molecular weight is 254 g/mol. The maximum Gasteiger partial charge on any atom is 0.122 e. The molecular formula is C16H30O2. The first kappa shape index (κ1) is 19.2. The lowest BCUT2D eigenvalue weighted by atomic mass is 10.1. The molecule has 0 radical (unpaired) electrons. The summed E-state index contributed by atoms with van der Waals surface area (Å²) < 4.78 is 10.4. The molecule has 0 bridgehead atoms. The van der Waals surface area contributed by atoms with Crippen LogP contribution in [0.25, 0.3) is 0 Å². The van der Waals surface area contributed by atoms with E-state index in [1.165, 1.54) is 12.0 Å². The van der Waals surface area contributed by atoms with Crippen LogP contribution in [0.1, 0.15) is 53.9 Å². The van der Waals surface area contributed by atoms with Crippen molar-refractivity contribution < 1.29 is 9.47 Å². The SMILES string of the molecule is CCC.C\C=C(/C=C(\C=C(/C)CCC)OC)OC. The highest BCUT2D eigenvalue weighted by Gasteiger charge is 1.96. The second-order valence-electron chi connectivity index (χ2n) is 4.09. The number of methoxy groups -OCH3 is 2. The molecule has 0 fully saturated rings. The molecule has 0 unspecified atom stereocenters. The van der Waals surface area contributed by atoms with Gasteiger partial charge in [-0.3, -0.25) is 0 Å². The number of hydrogen-bond acceptors (Lipinski definition) is 2. The van der Waals surface area contributed by atoms with Gasteiger partial charge in [0.2, 0.25) is 0 Å². The predicted octanol–water partition coefficient (Wildman–Crippen LogP) is 5.23. The van der Waals surface area contributed by atoms with Crippen LogP contribution in [0.15, 0.2) is 35.3 Å². The van der Waals surface area contributed by atoms with Crippen molar-refractivity contribution in [3.05, 3.63) is 35.3 Å². The normalized spacial score (nSPS) is 12.7. The topological polar surface area (TPSA) is 18.5 Å². The monoisotopic (exact) mass is 254 g/mol. The minimum Gasteiger partial charge on any atom is -0.497 e. The molecule has 0 aliphatic rings. The van der Waals surface area contributed by atoms with Gasteiger partial charge in [0, 0.05) is 6.08 Å². The molecule has 0 N–H and O–H groups in total. The van der Waals surface area contributed by atoms with Crippen molar-refractivity contribution in [2.75, 3.05) is 14.2 Å². The van der Waals surface area contributed by atoms with Gasteiger partial charge in [-0.15, -0.1) is 0 Å². The van der Waals surface area contributed by atoms with E-state index in [0.717, 1.165) is 24.4 Å². The van der Waals surface area contributed by atoms with Gasteiger partial charge in [-0.25, -0.2) is 0 Å². The summed E-state index contributed by atoms with van der Waals surface area (Å²) in [6.07, 6.45) is 9.34. The molecule has 0 atom stereocenters. The third-order valence-electron chi connectivity index (χ3n) is 2.07. The average Bonchev–Trinajstić information content (AvgIpc) is 2.35. The maximum absolute atomic E-state index is 5.27. The van der Waals surface area contributed by atoms with Crippen LogP contribution < -0.4 is 0 Å². The highest BCUT2D eigenvalue weighted by atomic mass is 16.5. The van der Waals surface area contributed by atoms with Crippen molar-refractivity contribution in [3.8, 4) is 0 Å². The lowest BCUT2D eigenvalue weighted by molar-refractivity contribution is 0.284. The van der Waals surface area contributed by atoms with Gasteiger partial charge in [-0.2, -0.15) is 0 Å². The van der Waals surface area contributed by atoms with Crippen molar-refractivity contribution in [2.45, 2.75) is 53.9 Å². The van der Waals surface area contributed by atoms with E-state index in [1.807, 2.05) is 25.2 Å². The van der Waals surface area contributed by atoms with Gasteiger partial charge in [0.1, 0.15) is 11.5 Å². The largest absolute Gasteiger partial charge is 0.497 e. The summed E-state index contributed by atoms with van der Waals surface area (Å²) in [4.78, 5) is 0. The zero-order chi connectivity index (χ0) is 14.4. The van der Waals surface area contributed by atoms with Gasteiger partial charge in [-0.05, 0) is 32.4 Å². The summed E-state index contributed by atoms with van der Waals surface area (Å²) in [5, 5.41) is 0. The molecule has 0 amide bonds. The molecule has 18 heavy (non-hydrogen) atoms. The van der Waals surface area contributed by atoms with Gasteiger partial charge >= 0.3 is 0 Å². The molecule has 0 saturated heterocycles. The van der Waals surface area contributed by atoms with Crippen molar-refractivity contribution in [2.24, 2.45) is 0 Å². The van der Waals surface area contributed by atoms with Crippen molar-refractivity contribution in [3.63, 3.8) is 0 Å². The Morgan fingerprint density at radius 3 is 1.78 bits per heavy atom. The first-order chi connectivity index (χ1) is 8.59. The van der Waals surface area contributed by atoms with Crippen LogP contribution in [0.3, 0.4) is 0 Å². The van der Waals surface area contributed by atoms with Gasteiger partial charge < -0.3 is 9.47 Å². The summed E-state index contributed by atoms with van der Waals surface area (Å²) in [5.41, 5.74) is 1.32. The third-order valence-corrected chi connectivity index (χ3v) is 2.07. The molecule has 0 rings (SSSR count). The predicted molar refractivity (Wildman–Crippen MR) is 80.5 cm³/mol. The molecule has 0 aliphatic heterocycles. The van der Waals surface area contributed by atoms with Gasteiger partial charge in [0.15, 0.2) is 0 Å². The van der Waals surface area contributed by atoms with E-state index in [2.05, 4.69) is 27.7 Å². The van der Waals surface area contributed by atoms with Crippen LogP contribution in [0.4, 0.5) is 0 Å². The highest BCUT2D eigenvalue weighted by molar-refractivity contribution is 5.25. The molecule has 0 saturated carbocycles. The standard InChI is InChI=1S/C13H22O2.C3H8/c1-6-8-11(3)9-13(15-5)10-12(7-2)14-4;1-3-2/h7,9-10H,6,8H2,1-5H3;3H2,1-2H3/b11-9+,12-7+,13-10+;. The molecule has 0 aliphatic carbocycles. The maximum atomic E-state index is 5.27. The molecule has 0 aromatic carbocycles. The zero-order valence-electron chi connectivity index (χ0n) is 13.2. The fourth-order valence-electron chi connectivity index (χ4n) is 1.27. The second kappa shape index (κ2) is 13.9. The Hall–Kier alpha value is -1.18. The van der Waals surface area contributed by atoms with Crippen molar-refractivity contribution in [1.29, 1.82) is 0 Å². The van der Waals surface area contributed by atoms with E-state index < -0.39 is 0 Å². The number of allylic oxidation sites excluding steroid dienone is 4. The van der Waals surface area contributed by atoms with E-state index in [9.17, 15) is 0 Å². The van der Waals surface area contributed by atoms with Gasteiger partial charge in [0.05, 0.1) is 14.2 Å². The molecule has 2 heteroatoms. The van der Waals surface area contributed by atoms with E-state index in [4.69, 9.17) is 9.47 Å². The van der Waals surface area contributed by atoms with E-state index in [-0.39, 0.29) is 0 Å².